The van der Waals surface area contributed by atoms with Gasteiger partial charge in [-0.25, -0.2) is 4.39 Å². The van der Waals surface area contributed by atoms with Crippen molar-refractivity contribution in [1.29, 1.82) is 0 Å². The Hall–Kier alpha value is -0.600. The smallest absolute Gasteiger partial charge is 0.142 e. The number of rotatable bonds is 7. The van der Waals surface area contributed by atoms with Gasteiger partial charge in [0.05, 0.1) is 5.02 Å². The van der Waals surface area contributed by atoms with E-state index in [2.05, 4.69) is 19.2 Å². The average Bonchev–Trinajstić information content (AvgIpc) is 3.15. The van der Waals surface area contributed by atoms with Crippen molar-refractivity contribution in [1.82, 2.24) is 5.32 Å². The van der Waals surface area contributed by atoms with E-state index in [0.29, 0.717) is 16.9 Å². The molecule has 0 aromatic heterocycles. The first kappa shape index (κ1) is 14.8. The fraction of sp³-hybridized carbons (Fsp3) is 0.625. The van der Waals surface area contributed by atoms with E-state index in [-0.39, 0.29) is 5.82 Å². The molecule has 0 radical (unpaired) electrons. The maximum atomic E-state index is 13.5. The molecule has 0 saturated heterocycles. The number of halogens is 2. The Kier molecular flexibility index (Phi) is 5.23. The summed E-state index contributed by atoms with van der Waals surface area (Å²) in [7, 11) is 0. The van der Waals surface area contributed by atoms with Crippen molar-refractivity contribution < 1.29 is 4.39 Å². The normalized spacial score (nSPS) is 16.9. The summed E-state index contributed by atoms with van der Waals surface area (Å²) in [6.07, 6.45) is 4.60. The van der Waals surface area contributed by atoms with Crippen LogP contribution >= 0.6 is 11.6 Å². The maximum absolute atomic E-state index is 13.5. The standard InChI is InChI=1S/C16H23ClFN/c1-11(2)8-12(10-19-14-6-7-14)9-13-4-3-5-15(18)16(13)17/h3-5,11-12,14,19H,6-10H2,1-2H3. The third kappa shape index (κ3) is 4.77. The molecular weight excluding hydrogens is 261 g/mol. The molecule has 0 amide bonds. The average molecular weight is 284 g/mol. The Morgan fingerprint density at radius 2 is 2.11 bits per heavy atom. The van der Waals surface area contributed by atoms with E-state index in [1.165, 1.54) is 18.9 Å². The van der Waals surface area contributed by atoms with Crippen molar-refractivity contribution in [2.75, 3.05) is 6.54 Å². The summed E-state index contributed by atoms with van der Waals surface area (Å²) in [6, 6.07) is 5.83. The summed E-state index contributed by atoms with van der Waals surface area (Å²) in [5.74, 6) is 0.871. The zero-order chi connectivity index (χ0) is 13.8. The quantitative estimate of drug-likeness (QED) is 0.780. The molecule has 0 aliphatic heterocycles. The largest absolute Gasteiger partial charge is 0.314 e. The summed E-state index contributed by atoms with van der Waals surface area (Å²) in [5, 5.41) is 3.87. The van der Waals surface area contributed by atoms with Crippen molar-refractivity contribution in [2.24, 2.45) is 11.8 Å². The first-order valence-corrected chi connectivity index (χ1v) is 7.60. The molecule has 0 heterocycles. The van der Waals surface area contributed by atoms with E-state index >= 15 is 0 Å². The molecule has 1 N–H and O–H groups in total. The summed E-state index contributed by atoms with van der Waals surface area (Å²) in [5.41, 5.74) is 0.935. The predicted octanol–water partition coefficient (Wildman–Crippen LogP) is 4.44. The van der Waals surface area contributed by atoms with Crippen LogP contribution in [0.5, 0.6) is 0 Å². The summed E-state index contributed by atoms with van der Waals surface area (Å²) < 4.78 is 13.5. The summed E-state index contributed by atoms with van der Waals surface area (Å²) in [6.45, 7) is 5.48. The minimum absolute atomic E-state index is 0.294. The Bertz CT molecular complexity index is 415. The van der Waals surface area contributed by atoms with Crippen molar-refractivity contribution in [3.63, 3.8) is 0 Å². The molecule has 1 aromatic rings. The van der Waals surface area contributed by atoms with Gasteiger partial charge in [0.25, 0.3) is 0 Å². The summed E-state index contributed by atoms with van der Waals surface area (Å²) >= 11 is 6.05. The minimum Gasteiger partial charge on any atom is -0.314 e. The molecule has 1 unspecified atom stereocenters. The molecule has 1 aliphatic rings. The van der Waals surface area contributed by atoms with E-state index in [1.807, 2.05) is 6.07 Å². The van der Waals surface area contributed by atoms with Crippen LogP contribution < -0.4 is 5.32 Å². The van der Waals surface area contributed by atoms with Crippen LogP contribution in [0.1, 0.15) is 38.7 Å². The van der Waals surface area contributed by atoms with Crippen LogP contribution in [0, 0.1) is 17.7 Å². The van der Waals surface area contributed by atoms with Gasteiger partial charge in [0.15, 0.2) is 0 Å². The van der Waals surface area contributed by atoms with Crippen molar-refractivity contribution in [2.45, 2.75) is 45.6 Å². The lowest BCUT2D eigenvalue weighted by molar-refractivity contribution is 0.383. The monoisotopic (exact) mass is 283 g/mol. The topological polar surface area (TPSA) is 12.0 Å². The maximum Gasteiger partial charge on any atom is 0.142 e. The van der Waals surface area contributed by atoms with Gasteiger partial charge in [0.2, 0.25) is 0 Å². The molecule has 2 rings (SSSR count). The third-order valence-corrected chi connectivity index (χ3v) is 4.04. The zero-order valence-corrected chi connectivity index (χ0v) is 12.5. The van der Waals surface area contributed by atoms with Crippen molar-refractivity contribution in [3.8, 4) is 0 Å². The Labute approximate surface area is 120 Å². The molecular formula is C16H23ClFN. The minimum atomic E-state index is -0.308. The van der Waals surface area contributed by atoms with Crippen LogP contribution in [0.15, 0.2) is 18.2 Å². The van der Waals surface area contributed by atoms with Gasteiger partial charge in [0.1, 0.15) is 5.82 Å². The molecule has 0 bridgehead atoms. The van der Waals surface area contributed by atoms with Gasteiger partial charge in [-0.1, -0.05) is 37.6 Å². The van der Waals surface area contributed by atoms with Crippen LogP contribution in [0.25, 0.3) is 0 Å². The highest BCUT2D eigenvalue weighted by Gasteiger charge is 2.22. The number of benzene rings is 1. The molecule has 1 aromatic carbocycles. The lowest BCUT2D eigenvalue weighted by atomic mass is 9.90. The molecule has 1 fully saturated rings. The summed E-state index contributed by atoms with van der Waals surface area (Å²) in [4.78, 5) is 0. The van der Waals surface area contributed by atoms with Gasteiger partial charge in [-0.2, -0.15) is 0 Å². The third-order valence-electron chi connectivity index (χ3n) is 3.62. The number of nitrogens with one attached hydrogen (secondary N) is 1. The van der Waals surface area contributed by atoms with E-state index in [9.17, 15) is 4.39 Å². The zero-order valence-electron chi connectivity index (χ0n) is 11.8. The fourth-order valence-corrected chi connectivity index (χ4v) is 2.75. The lowest BCUT2D eigenvalue weighted by Crippen LogP contribution is -2.27. The molecule has 1 aliphatic carbocycles. The van der Waals surface area contributed by atoms with Gasteiger partial charge in [-0.15, -0.1) is 0 Å². The van der Waals surface area contributed by atoms with Gasteiger partial charge in [-0.05, 0) is 55.7 Å². The van der Waals surface area contributed by atoms with E-state index < -0.39 is 0 Å². The molecule has 0 spiro atoms. The van der Waals surface area contributed by atoms with Crippen molar-refractivity contribution in [3.05, 3.63) is 34.6 Å². The second-order valence-corrected chi connectivity index (χ2v) is 6.47. The Morgan fingerprint density at radius 3 is 2.74 bits per heavy atom. The number of hydrogen-bond acceptors (Lipinski definition) is 1. The van der Waals surface area contributed by atoms with Gasteiger partial charge < -0.3 is 5.32 Å². The van der Waals surface area contributed by atoms with Crippen LogP contribution in [0.2, 0.25) is 5.02 Å². The first-order chi connectivity index (χ1) is 9.06. The van der Waals surface area contributed by atoms with Crippen molar-refractivity contribution >= 4 is 11.6 Å². The van der Waals surface area contributed by atoms with Gasteiger partial charge in [0, 0.05) is 6.04 Å². The fourth-order valence-electron chi connectivity index (χ4n) is 2.54. The Balaban J connectivity index is 1.98. The van der Waals surface area contributed by atoms with Gasteiger partial charge >= 0.3 is 0 Å². The lowest BCUT2D eigenvalue weighted by Gasteiger charge is -2.20. The van der Waals surface area contributed by atoms with Gasteiger partial charge in [-0.3, -0.25) is 0 Å². The van der Waals surface area contributed by atoms with E-state index in [4.69, 9.17) is 11.6 Å². The molecule has 106 valence electrons. The molecule has 1 nitrogen and oxygen atoms in total. The highest BCUT2D eigenvalue weighted by molar-refractivity contribution is 6.31. The SMILES string of the molecule is CC(C)CC(CNC1CC1)Cc1cccc(F)c1Cl. The molecule has 1 saturated carbocycles. The number of hydrogen-bond donors (Lipinski definition) is 1. The van der Waals surface area contributed by atoms with Crippen LogP contribution in [-0.4, -0.2) is 12.6 Å². The second kappa shape index (κ2) is 6.71. The van der Waals surface area contributed by atoms with Crippen LogP contribution in [0.4, 0.5) is 4.39 Å². The first-order valence-electron chi connectivity index (χ1n) is 7.22. The second-order valence-electron chi connectivity index (χ2n) is 6.10. The molecule has 1 atom stereocenters. The Morgan fingerprint density at radius 1 is 1.37 bits per heavy atom. The van der Waals surface area contributed by atoms with E-state index in [1.54, 1.807) is 6.07 Å². The highest BCUT2D eigenvalue weighted by Crippen LogP contribution is 2.26. The highest BCUT2D eigenvalue weighted by atomic mass is 35.5. The predicted molar refractivity (Wildman–Crippen MR) is 79.1 cm³/mol. The van der Waals surface area contributed by atoms with Crippen LogP contribution in [0.3, 0.4) is 0 Å². The van der Waals surface area contributed by atoms with Crippen LogP contribution in [-0.2, 0) is 6.42 Å². The molecule has 19 heavy (non-hydrogen) atoms. The molecule has 3 heteroatoms. The van der Waals surface area contributed by atoms with E-state index in [0.717, 1.165) is 31.0 Å².